The van der Waals surface area contributed by atoms with Gasteiger partial charge in [0.05, 0.1) is 4.88 Å². The molecular weight excluding hydrogens is 194 g/mol. The van der Waals surface area contributed by atoms with Crippen LogP contribution in [0.4, 0.5) is 0 Å². The minimum absolute atomic E-state index is 0.121. The first kappa shape index (κ1) is 9.09. The van der Waals surface area contributed by atoms with Gasteiger partial charge in [-0.1, -0.05) is 0 Å². The first-order valence-electron chi connectivity index (χ1n) is 4.28. The first-order valence-corrected chi connectivity index (χ1v) is 5.10. The molecule has 0 amide bonds. The Morgan fingerprint density at radius 3 is 2.50 bits per heavy atom. The van der Waals surface area contributed by atoms with Crippen molar-refractivity contribution in [3.05, 3.63) is 41.5 Å². The summed E-state index contributed by atoms with van der Waals surface area (Å²) < 4.78 is 0. The zero-order valence-electron chi connectivity index (χ0n) is 7.73. The second-order valence-electron chi connectivity index (χ2n) is 2.96. The van der Waals surface area contributed by atoms with Crippen molar-refractivity contribution >= 4 is 17.1 Å². The van der Waals surface area contributed by atoms with E-state index in [0.717, 1.165) is 15.3 Å². The monoisotopic (exact) mass is 203 g/mol. The van der Waals surface area contributed by atoms with Gasteiger partial charge in [0.2, 0.25) is 0 Å². The van der Waals surface area contributed by atoms with Crippen LogP contribution in [0.25, 0.3) is 10.4 Å². The Labute approximate surface area is 86.2 Å². The molecule has 2 nitrogen and oxygen atoms in total. The molecule has 0 aliphatic rings. The average molecular weight is 203 g/mol. The second-order valence-corrected chi connectivity index (χ2v) is 4.04. The van der Waals surface area contributed by atoms with E-state index in [9.17, 15) is 4.79 Å². The number of aromatic nitrogens is 1. The molecule has 2 heterocycles. The van der Waals surface area contributed by atoms with Crippen LogP contribution in [0.2, 0.25) is 0 Å². The highest BCUT2D eigenvalue weighted by atomic mass is 32.1. The van der Waals surface area contributed by atoms with E-state index in [2.05, 4.69) is 4.98 Å². The highest BCUT2D eigenvalue weighted by molar-refractivity contribution is 7.17. The van der Waals surface area contributed by atoms with Crippen molar-refractivity contribution in [2.24, 2.45) is 0 Å². The van der Waals surface area contributed by atoms with Gasteiger partial charge in [-0.15, -0.1) is 11.3 Å². The Balaban J connectivity index is 2.39. The van der Waals surface area contributed by atoms with Crippen molar-refractivity contribution in [1.82, 2.24) is 4.98 Å². The molecule has 2 aromatic heterocycles. The topological polar surface area (TPSA) is 30.0 Å². The third kappa shape index (κ3) is 1.72. The fourth-order valence-electron chi connectivity index (χ4n) is 1.20. The van der Waals surface area contributed by atoms with Crippen LogP contribution in [0.5, 0.6) is 0 Å². The summed E-state index contributed by atoms with van der Waals surface area (Å²) in [6.07, 6.45) is 3.50. The molecule has 0 aliphatic carbocycles. The van der Waals surface area contributed by atoms with Crippen molar-refractivity contribution in [3.8, 4) is 10.4 Å². The summed E-state index contributed by atoms with van der Waals surface area (Å²) >= 11 is 1.52. The molecule has 2 aromatic rings. The number of Topliss-reactive ketones (excluding diaryl/α,β-unsaturated/α-hetero) is 1. The summed E-state index contributed by atoms with van der Waals surface area (Å²) in [6, 6.07) is 7.71. The lowest BCUT2D eigenvalue weighted by Gasteiger charge is -1.93. The smallest absolute Gasteiger partial charge is 0.169 e. The van der Waals surface area contributed by atoms with Gasteiger partial charge in [0.15, 0.2) is 5.78 Å². The zero-order chi connectivity index (χ0) is 9.97. The van der Waals surface area contributed by atoms with E-state index >= 15 is 0 Å². The summed E-state index contributed by atoms with van der Waals surface area (Å²) in [5.74, 6) is 0.121. The maximum atomic E-state index is 11.1. The maximum absolute atomic E-state index is 11.1. The lowest BCUT2D eigenvalue weighted by molar-refractivity contribution is 0.102. The molecular formula is C11H9NOS. The molecule has 0 saturated carbocycles. The van der Waals surface area contributed by atoms with Gasteiger partial charge >= 0.3 is 0 Å². The van der Waals surface area contributed by atoms with Crippen LogP contribution in [0.15, 0.2) is 36.7 Å². The number of ketones is 1. The Morgan fingerprint density at radius 2 is 1.93 bits per heavy atom. The van der Waals surface area contributed by atoms with Crippen LogP contribution in [-0.4, -0.2) is 10.8 Å². The maximum Gasteiger partial charge on any atom is 0.169 e. The molecule has 0 unspecified atom stereocenters. The number of nitrogens with zero attached hydrogens (tertiary/aromatic N) is 1. The molecule has 0 atom stereocenters. The molecule has 0 bridgehead atoms. The van der Waals surface area contributed by atoms with Gasteiger partial charge in [0.25, 0.3) is 0 Å². The largest absolute Gasteiger partial charge is 0.294 e. The third-order valence-electron chi connectivity index (χ3n) is 1.92. The molecule has 0 radical (unpaired) electrons. The highest BCUT2D eigenvalue weighted by Gasteiger charge is 2.05. The predicted octanol–water partition coefficient (Wildman–Crippen LogP) is 3.01. The number of pyridine rings is 1. The van der Waals surface area contributed by atoms with E-state index in [1.807, 2.05) is 24.3 Å². The van der Waals surface area contributed by atoms with Crippen molar-refractivity contribution < 1.29 is 4.79 Å². The average Bonchev–Trinajstić information content (AvgIpc) is 2.68. The summed E-state index contributed by atoms with van der Waals surface area (Å²) in [4.78, 5) is 17.0. The van der Waals surface area contributed by atoms with Gasteiger partial charge in [-0.3, -0.25) is 9.78 Å². The molecule has 14 heavy (non-hydrogen) atoms. The number of hydrogen-bond acceptors (Lipinski definition) is 3. The van der Waals surface area contributed by atoms with Gasteiger partial charge in [-0.2, -0.15) is 0 Å². The van der Waals surface area contributed by atoms with Gasteiger partial charge in [0, 0.05) is 17.3 Å². The third-order valence-corrected chi connectivity index (χ3v) is 3.15. The van der Waals surface area contributed by atoms with E-state index in [1.54, 1.807) is 19.3 Å². The van der Waals surface area contributed by atoms with Crippen LogP contribution in [0.1, 0.15) is 16.6 Å². The number of carbonyl (C=O) groups excluding carboxylic acids is 1. The first-order chi connectivity index (χ1) is 6.77. The molecule has 2 rings (SSSR count). The van der Waals surface area contributed by atoms with Crippen LogP contribution in [-0.2, 0) is 0 Å². The summed E-state index contributed by atoms with van der Waals surface area (Å²) in [6.45, 7) is 1.59. The van der Waals surface area contributed by atoms with Gasteiger partial charge in [-0.25, -0.2) is 0 Å². The van der Waals surface area contributed by atoms with Crippen molar-refractivity contribution in [2.75, 3.05) is 0 Å². The fourth-order valence-corrected chi connectivity index (χ4v) is 2.11. The number of thiophene rings is 1. The fraction of sp³-hybridized carbons (Fsp3) is 0.0909. The van der Waals surface area contributed by atoms with Crippen molar-refractivity contribution in [2.45, 2.75) is 6.92 Å². The van der Waals surface area contributed by atoms with E-state index in [1.165, 1.54) is 11.3 Å². The Hall–Kier alpha value is -1.48. The lowest BCUT2D eigenvalue weighted by atomic mass is 10.2. The normalized spacial score (nSPS) is 10.1. The lowest BCUT2D eigenvalue weighted by Crippen LogP contribution is -1.83. The number of carbonyl (C=O) groups is 1. The Bertz CT molecular complexity index is 447. The van der Waals surface area contributed by atoms with E-state index in [0.29, 0.717) is 0 Å². The quantitative estimate of drug-likeness (QED) is 0.702. The van der Waals surface area contributed by atoms with Crippen LogP contribution in [0.3, 0.4) is 0 Å². The van der Waals surface area contributed by atoms with Crippen LogP contribution in [0, 0.1) is 0 Å². The standard InChI is InChI=1S/C11H9NOS/c1-8(13)10-2-3-11(14-10)9-4-6-12-7-5-9/h2-7H,1H3. The molecule has 0 saturated heterocycles. The highest BCUT2D eigenvalue weighted by Crippen LogP contribution is 2.27. The van der Waals surface area contributed by atoms with Crippen LogP contribution < -0.4 is 0 Å². The van der Waals surface area contributed by atoms with Crippen molar-refractivity contribution in [1.29, 1.82) is 0 Å². The second kappa shape index (κ2) is 3.72. The summed E-state index contributed by atoms with van der Waals surface area (Å²) in [5.41, 5.74) is 1.11. The predicted molar refractivity (Wildman–Crippen MR) is 57.6 cm³/mol. The molecule has 0 aliphatic heterocycles. The molecule has 0 N–H and O–H groups in total. The van der Waals surface area contributed by atoms with Gasteiger partial charge < -0.3 is 0 Å². The molecule has 3 heteroatoms. The van der Waals surface area contributed by atoms with Gasteiger partial charge in [-0.05, 0) is 36.8 Å². The number of hydrogen-bond donors (Lipinski definition) is 0. The Kier molecular flexibility index (Phi) is 2.41. The Morgan fingerprint density at radius 1 is 1.21 bits per heavy atom. The number of rotatable bonds is 2. The molecule has 0 fully saturated rings. The minimum Gasteiger partial charge on any atom is -0.294 e. The SMILES string of the molecule is CC(=O)c1ccc(-c2ccncc2)s1. The summed E-state index contributed by atoms with van der Waals surface area (Å²) in [7, 11) is 0. The summed E-state index contributed by atoms with van der Waals surface area (Å²) in [5, 5.41) is 0. The van der Waals surface area contributed by atoms with E-state index < -0.39 is 0 Å². The van der Waals surface area contributed by atoms with Crippen molar-refractivity contribution in [3.63, 3.8) is 0 Å². The van der Waals surface area contributed by atoms with E-state index in [4.69, 9.17) is 0 Å². The zero-order valence-corrected chi connectivity index (χ0v) is 8.54. The van der Waals surface area contributed by atoms with Crippen LogP contribution >= 0.6 is 11.3 Å². The van der Waals surface area contributed by atoms with E-state index in [-0.39, 0.29) is 5.78 Å². The minimum atomic E-state index is 0.121. The molecule has 70 valence electrons. The van der Waals surface area contributed by atoms with Gasteiger partial charge in [0.1, 0.15) is 0 Å². The molecule has 0 spiro atoms. The molecule has 0 aromatic carbocycles.